The number of carboxylic acid groups (broad SMARTS) is 1. The summed E-state index contributed by atoms with van der Waals surface area (Å²) < 4.78 is 0. The Labute approximate surface area is 127 Å². The van der Waals surface area contributed by atoms with Gasteiger partial charge < -0.3 is 16.2 Å². The van der Waals surface area contributed by atoms with Gasteiger partial charge in [0.25, 0.3) is 0 Å². The van der Waals surface area contributed by atoms with Gasteiger partial charge in [0.05, 0.1) is 11.8 Å². The summed E-state index contributed by atoms with van der Waals surface area (Å²) >= 11 is 0. The number of anilines is 1. The Hall–Kier alpha value is -2.63. The molecule has 0 heterocycles. The van der Waals surface area contributed by atoms with E-state index in [0.717, 1.165) is 6.42 Å². The molecule has 6 nitrogen and oxygen atoms in total. The topological polar surface area (TPSA) is 109 Å². The van der Waals surface area contributed by atoms with Gasteiger partial charge in [-0.15, -0.1) is 0 Å². The smallest absolute Gasteiger partial charge is 0.307 e. The van der Waals surface area contributed by atoms with Crippen LogP contribution in [0.2, 0.25) is 0 Å². The molecule has 22 heavy (non-hydrogen) atoms. The van der Waals surface area contributed by atoms with Gasteiger partial charge in [-0.3, -0.25) is 14.4 Å². The van der Waals surface area contributed by atoms with E-state index in [1.54, 1.807) is 12.1 Å². The maximum absolute atomic E-state index is 12.4. The average molecular weight is 300 g/mol. The summed E-state index contributed by atoms with van der Waals surface area (Å²) in [5, 5.41) is 12.1. The normalized spacial score (nSPS) is 28.5. The van der Waals surface area contributed by atoms with Gasteiger partial charge in [-0.2, -0.15) is 0 Å². The zero-order valence-electron chi connectivity index (χ0n) is 11.7. The first-order valence-corrected chi connectivity index (χ1v) is 7.09. The predicted octanol–water partition coefficient (Wildman–Crippen LogP) is 1.25. The van der Waals surface area contributed by atoms with Gasteiger partial charge in [0.1, 0.15) is 0 Å². The third-order valence-corrected chi connectivity index (χ3v) is 4.48. The van der Waals surface area contributed by atoms with Gasteiger partial charge in [0.2, 0.25) is 11.8 Å². The Morgan fingerprint density at radius 3 is 2.18 bits per heavy atom. The summed E-state index contributed by atoms with van der Waals surface area (Å²) in [4.78, 5) is 34.9. The summed E-state index contributed by atoms with van der Waals surface area (Å²) in [6.45, 7) is 0. The Morgan fingerprint density at radius 1 is 1.05 bits per heavy atom. The highest BCUT2D eigenvalue weighted by atomic mass is 16.4. The van der Waals surface area contributed by atoms with Crippen molar-refractivity contribution in [3.8, 4) is 0 Å². The molecule has 2 amide bonds. The second-order valence-corrected chi connectivity index (χ2v) is 5.77. The number of nitrogens with one attached hydrogen (secondary N) is 1. The number of carbonyl (C=O) groups excluding carboxylic acids is 2. The van der Waals surface area contributed by atoms with E-state index in [9.17, 15) is 19.5 Å². The highest BCUT2D eigenvalue weighted by Crippen LogP contribution is 2.48. The van der Waals surface area contributed by atoms with Gasteiger partial charge in [0, 0.05) is 11.3 Å². The van der Waals surface area contributed by atoms with Crippen LogP contribution in [0.25, 0.3) is 0 Å². The SMILES string of the molecule is NC(=O)c1ccc(NC(=O)C2C3C=CC(C3)C2C(=O)O)cc1. The summed E-state index contributed by atoms with van der Waals surface area (Å²) in [7, 11) is 0. The summed E-state index contributed by atoms with van der Waals surface area (Å²) in [6.07, 6.45) is 4.55. The molecule has 0 saturated heterocycles. The van der Waals surface area contributed by atoms with E-state index in [0.29, 0.717) is 11.3 Å². The van der Waals surface area contributed by atoms with Crippen LogP contribution in [0.5, 0.6) is 0 Å². The first-order chi connectivity index (χ1) is 10.5. The quantitative estimate of drug-likeness (QED) is 0.727. The van der Waals surface area contributed by atoms with Crippen molar-refractivity contribution in [2.75, 3.05) is 5.32 Å². The first kappa shape index (κ1) is 14.3. The largest absolute Gasteiger partial charge is 0.481 e. The molecule has 4 N–H and O–H groups in total. The van der Waals surface area contributed by atoms with Crippen molar-refractivity contribution in [2.45, 2.75) is 6.42 Å². The molecule has 0 radical (unpaired) electrons. The lowest BCUT2D eigenvalue weighted by atomic mass is 9.82. The molecule has 6 heteroatoms. The second kappa shape index (κ2) is 5.29. The number of amides is 2. The summed E-state index contributed by atoms with van der Waals surface area (Å²) in [5.41, 5.74) is 6.03. The van der Waals surface area contributed by atoms with Crippen LogP contribution in [-0.2, 0) is 9.59 Å². The molecule has 0 aromatic heterocycles. The molecule has 1 aromatic rings. The fraction of sp³-hybridized carbons (Fsp3) is 0.312. The van der Waals surface area contributed by atoms with E-state index < -0.39 is 23.7 Å². The Kier molecular flexibility index (Phi) is 3.44. The minimum atomic E-state index is -0.930. The molecule has 0 aliphatic heterocycles. The molecular formula is C16H16N2O4. The number of carbonyl (C=O) groups is 3. The molecule has 1 saturated carbocycles. The molecule has 2 aliphatic rings. The zero-order valence-corrected chi connectivity index (χ0v) is 11.7. The molecule has 114 valence electrons. The van der Waals surface area contributed by atoms with Crippen LogP contribution in [-0.4, -0.2) is 22.9 Å². The lowest BCUT2D eigenvalue weighted by Crippen LogP contribution is -2.36. The van der Waals surface area contributed by atoms with Crippen molar-refractivity contribution < 1.29 is 19.5 Å². The number of aliphatic carboxylic acids is 1. The Balaban J connectivity index is 1.75. The third-order valence-electron chi connectivity index (χ3n) is 4.48. The van der Waals surface area contributed by atoms with Crippen molar-refractivity contribution in [1.82, 2.24) is 0 Å². The molecule has 1 fully saturated rings. The molecule has 0 spiro atoms. The van der Waals surface area contributed by atoms with E-state index in [1.807, 2.05) is 12.2 Å². The molecule has 1 aromatic carbocycles. The monoisotopic (exact) mass is 300 g/mol. The van der Waals surface area contributed by atoms with Crippen LogP contribution < -0.4 is 11.1 Å². The summed E-state index contributed by atoms with van der Waals surface area (Å²) in [6, 6.07) is 6.20. The van der Waals surface area contributed by atoms with E-state index in [-0.39, 0.29) is 17.7 Å². The number of allylic oxidation sites excluding steroid dienone is 2. The number of nitrogens with two attached hydrogens (primary N) is 1. The lowest BCUT2D eigenvalue weighted by Gasteiger charge is -2.23. The van der Waals surface area contributed by atoms with Gasteiger partial charge in [-0.05, 0) is 42.5 Å². The highest BCUT2D eigenvalue weighted by molar-refractivity contribution is 5.97. The van der Waals surface area contributed by atoms with Crippen molar-refractivity contribution in [3.63, 3.8) is 0 Å². The van der Waals surface area contributed by atoms with Crippen molar-refractivity contribution >= 4 is 23.5 Å². The molecule has 4 atom stereocenters. The molecule has 4 unspecified atom stereocenters. The number of benzene rings is 1. The maximum atomic E-state index is 12.4. The molecule has 3 rings (SSSR count). The predicted molar refractivity (Wildman–Crippen MR) is 78.9 cm³/mol. The fourth-order valence-electron chi connectivity index (χ4n) is 3.46. The van der Waals surface area contributed by atoms with Crippen molar-refractivity contribution in [3.05, 3.63) is 42.0 Å². The summed E-state index contributed by atoms with van der Waals surface area (Å²) in [5.74, 6) is -3.06. The van der Waals surface area contributed by atoms with Crippen molar-refractivity contribution in [1.29, 1.82) is 0 Å². The second-order valence-electron chi connectivity index (χ2n) is 5.77. The fourth-order valence-corrected chi connectivity index (χ4v) is 3.46. The van der Waals surface area contributed by atoms with E-state index >= 15 is 0 Å². The number of fused-ring (bicyclic) bond motifs is 2. The zero-order chi connectivity index (χ0) is 15.9. The molecular weight excluding hydrogens is 284 g/mol. The number of primary amides is 1. The van der Waals surface area contributed by atoms with Crippen LogP contribution in [0.1, 0.15) is 16.8 Å². The number of carboxylic acids is 1. The van der Waals surface area contributed by atoms with Crippen molar-refractivity contribution in [2.24, 2.45) is 29.4 Å². The number of hydrogen-bond donors (Lipinski definition) is 3. The van der Waals surface area contributed by atoms with Crippen LogP contribution >= 0.6 is 0 Å². The number of rotatable bonds is 4. The molecule has 2 aliphatic carbocycles. The standard InChI is InChI=1S/C16H16N2O4/c17-14(19)8-3-5-11(6-4-8)18-15(20)12-9-1-2-10(7-9)13(12)16(21)22/h1-6,9-10,12-13H,7H2,(H2,17,19)(H,18,20)(H,21,22). The van der Waals surface area contributed by atoms with E-state index in [1.165, 1.54) is 12.1 Å². The van der Waals surface area contributed by atoms with Crippen LogP contribution in [0.3, 0.4) is 0 Å². The van der Waals surface area contributed by atoms with Gasteiger partial charge >= 0.3 is 5.97 Å². The van der Waals surface area contributed by atoms with E-state index in [4.69, 9.17) is 5.73 Å². The van der Waals surface area contributed by atoms with Gasteiger partial charge in [-0.25, -0.2) is 0 Å². The number of hydrogen-bond acceptors (Lipinski definition) is 3. The highest BCUT2D eigenvalue weighted by Gasteiger charge is 2.51. The maximum Gasteiger partial charge on any atom is 0.307 e. The molecule has 2 bridgehead atoms. The van der Waals surface area contributed by atoms with Crippen LogP contribution in [0.15, 0.2) is 36.4 Å². The van der Waals surface area contributed by atoms with Gasteiger partial charge in [-0.1, -0.05) is 12.2 Å². The Morgan fingerprint density at radius 2 is 1.64 bits per heavy atom. The minimum Gasteiger partial charge on any atom is -0.481 e. The Bertz CT molecular complexity index is 665. The van der Waals surface area contributed by atoms with Gasteiger partial charge in [0.15, 0.2) is 0 Å². The average Bonchev–Trinajstić information content (AvgIpc) is 3.08. The van der Waals surface area contributed by atoms with E-state index in [2.05, 4.69) is 5.32 Å². The minimum absolute atomic E-state index is 0.0176. The first-order valence-electron chi connectivity index (χ1n) is 7.09. The lowest BCUT2D eigenvalue weighted by molar-refractivity contribution is -0.146. The van der Waals surface area contributed by atoms with Crippen LogP contribution in [0.4, 0.5) is 5.69 Å². The van der Waals surface area contributed by atoms with Crippen LogP contribution in [0, 0.1) is 23.7 Å². The third kappa shape index (κ3) is 2.36.